The molecular formula is C53H59F3N5O7PS. The number of alkyl halides is 3. The van der Waals surface area contributed by atoms with Crippen LogP contribution in [0.1, 0.15) is 103 Å². The van der Waals surface area contributed by atoms with Crippen LogP contribution in [0.2, 0.25) is 0 Å². The normalized spacial score (nSPS) is 23.6. The Kier molecular flexibility index (Phi) is 14.9. The first-order valence-corrected chi connectivity index (χ1v) is 26.7. The first-order chi connectivity index (χ1) is 33.7. The quantitative estimate of drug-likeness (QED) is 0.0689. The monoisotopic (exact) mass is 997 g/mol. The van der Waals surface area contributed by atoms with Crippen molar-refractivity contribution in [2.24, 2.45) is 0 Å². The molecule has 0 radical (unpaired) electrons. The summed E-state index contributed by atoms with van der Waals surface area (Å²) in [7, 11) is -2.75. The van der Waals surface area contributed by atoms with Crippen LogP contribution in [0.4, 0.5) is 13.2 Å². The van der Waals surface area contributed by atoms with Crippen molar-refractivity contribution in [3.8, 4) is 5.75 Å². The number of hydrogen-bond donors (Lipinski definition) is 2. The molecule has 4 aromatic carbocycles. The summed E-state index contributed by atoms with van der Waals surface area (Å²) in [6.07, 6.45) is 2.19. The highest BCUT2D eigenvalue weighted by atomic mass is 32.1. The molecule has 4 heterocycles. The number of benzene rings is 4. The van der Waals surface area contributed by atoms with E-state index in [0.717, 1.165) is 36.2 Å². The molecule has 0 bridgehead atoms. The fraction of sp³-hybridized carbons (Fsp3) is 0.434. The maximum absolute atomic E-state index is 16.9. The summed E-state index contributed by atoms with van der Waals surface area (Å²) in [6.45, 7) is 2.11. The number of carbonyl (C=O) groups is 4. The van der Waals surface area contributed by atoms with Gasteiger partial charge < -0.3 is 29.3 Å². The van der Waals surface area contributed by atoms with Gasteiger partial charge in [0, 0.05) is 47.8 Å². The van der Waals surface area contributed by atoms with E-state index in [-0.39, 0.29) is 77.5 Å². The summed E-state index contributed by atoms with van der Waals surface area (Å²) in [6, 6.07) is 30.0. The molecule has 3 aliphatic heterocycles. The van der Waals surface area contributed by atoms with E-state index in [1.165, 1.54) is 36.8 Å². The van der Waals surface area contributed by atoms with E-state index < -0.39 is 49.9 Å². The van der Waals surface area contributed by atoms with Crippen LogP contribution in [0.5, 0.6) is 5.75 Å². The number of para-hydroxylation sites is 1. The molecule has 3 amide bonds. The van der Waals surface area contributed by atoms with E-state index in [2.05, 4.69) is 22.5 Å². The molecule has 370 valence electrons. The summed E-state index contributed by atoms with van der Waals surface area (Å²) < 4.78 is 70.2. The summed E-state index contributed by atoms with van der Waals surface area (Å²) in [5, 5.41) is 6.07. The summed E-state index contributed by atoms with van der Waals surface area (Å²) in [5.41, 5.74) is 1.68. The van der Waals surface area contributed by atoms with E-state index in [0.29, 0.717) is 42.3 Å². The van der Waals surface area contributed by atoms with Crippen LogP contribution in [-0.2, 0) is 30.3 Å². The Morgan fingerprint density at radius 1 is 0.900 bits per heavy atom. The van der Waals surface area contributed by atoms with Crippen molar-refractivity contribution in [3.05, 3.63) is 137 Å². The van der Waals surface area contributed by atoms with E-state index in [4.69, 9.17) is 9.26 Å². The highest BCUT2D eigenvalue weighted by molar-refractivity contribution is 7.57. The van der Waals surface area contributed by atoms with Gasteiger partial charge in [-0.3, -0.25) is 23.7 Å². The van der Waals surface area contributed by atoms with E-state index in [9.17, 15) is 32.5 Å². The molecule has 9 rings (SSSR count). The number of ether oxygens (including phenoxy) is 1. The average molecular weight is 998 g/mol. The van der Waals surface area contributed by atoms with Crippen molar-refractivity contribution in [1.29, 1.82) is 0 Å². The molecule has 4 aliphatic rings. The second-order valence-electron chi connectivity index (χ2n) is 19.3. The van der Waals surface area contributed by atoms with Crippen LogP contribution in [0.25, 0.3) is 10.1 Å². The van der Waals surface area contributed by atoms with Gasteiger partial charge in [-0.25, -0.2) is 18.3 Å². The van der Waals surface area contributed by atoms with Crippen molar-refractivity contribution in [2.45, 2.75) is 125 Å². The molecule has 3 saturated heterocycles. The number of thiophene rings is 1. The minimum atomic E-state index is -4.56. The predicted molar refractivity (Wildman–Crippen MR) is 262 cm³/mol. The predicted octanol–water partition coefficient (Wildman–Crippen LogP) is 10.0. The van der Waals surface area contributed by atoms with Crippen LogP contribution in [-0.4, -0.2) is 101 Å². The number of hydrogen-bond acceptors (Lipinski definition) is 9. The Morgan fingerprint density at radius 3 is 2.30 bits per heavy atom. The minimum Gasteiger partial charge on any atom is -0.460 e. The minimum absolute atomic E-state index is 0.0251. The van der Waals surface area contributed by atoms with Crippen molar-refractivity contribution >= 4 is 52.6 Å². The van der Waals surface area contributed by atoms with Crippen LogP contribution >= 0.6 is 18.9 Å². The first-order valence-electron chi connectivity index (χ1n) is 24.2. The molecule has 12 nitrogen and oxygen atoms in total. The van der Waals surface area contributed by atoms with Crippen LogP contribution < -0.4 is 14.9 Å². The third kappa shape index (κ3) is 10.9. The number of halogens is 3. The van der Waals surface area contributed by atoms with E-state index in [1.54, 1.807) is 59.5 Å². The van der Waals surface area contributed by atoms with Gasteiger partial charge in [0.2, 0.25) is 24.2 Å². The SMILES string of the molecule is C[C@H](NP(=O)(Oc1ccccc1)[C@@H](F)c1ccc2sc(C(=O)N[C@H]3CC[C@H](N(C)CCC(F)F)C[C@H]4CC[C@@H](C(=O)N5C[C@H](c6ccccc6)CC56CC6)N4C3=O)cc2c1)C(=O)OCc1ccccc1. The first kappa shape index (κ1) is 49.4. The number of fused-ring (bicyclic) bond motifs is 2. The Bertz CT molecular complexity index is 2710. The zero-order valence-corrected chi connectivity index (χ0v) is 41.0. The number of nitrogens with zero attached hydrogens (tertiary/aromatic N) is 3. The van der Waals surface area contributed by atoms with Gasteiger partial charge in [0.05, 0.1) is 4.88 Å². The van der Waals surface area contributed by atoms with Crippen LogP contribution in [0.15, 0.2) is 115 Å². The van der Waals surface area contributed by atoms with Crippen molar-refractivity contribution in [1.82, 2.24) is 25.1 Å². The fourth-order valence-electron chi connectivity index (χ4n) is 10.6. The molecule has 4 fully saturated rings. The second kappa shape index (κ2) is 21.0. The van der Waals surface area contributed by atoms with Gasteiger partial charge >= 0.3 is 13.5 Å². The molecule has 70 heavy (non-hydrogen) atoms. The summed E-state index contributed by atoms with van der Waals surface area (Å²) in [5.74, 6) is -3.66. The Morgan fingerprint density at radius 2 is 1.60 bits per heavy atom. The molecule has 5 aromatic rings. The molecule has 1 aromatic heterocycles. The summed E-state index contributed by atoms with van der Waals surface area (Å²) >= 11 is 1.14. The second-order valence-corrected chi connectivity index (χ2v) is 22.5. The number of likely N-dealkylation sites (tertiary alicyclic amines) is 1. The largest absolute Gasteiger partial charge is 0.460 e. The zero-order chi connectivity index (χ0) is 49.2. The molecule has 1 spiro atoms. The molecule has 1 unspecified atom stereocenters. The van der Waals surface area contributed by atoms with Gasteiger partial charge in [-0.1, -0.05) is 84.9 Å². The van der Waals surface area contributed by atoms with Gasteiger partial charge in [-0.2, -0.15) is 0 Å². The molecular weight excluding hydrogens is 939 g/mol. The molecule has 8 atom stereocenters. The van der Waals surface area contributed by atoms with Gasteiger partial charge in [0.15, 0.2) is 0 Å². The van der Waals surface area contributed by atoms with Crippen molar-refractivity contribution in [2.75, 3.05) is 20.1 Å². The lowest BCUT2D eigenvalue weighted by molar-refractivity contribution is -0.148. The van der Waals surface area contributed by atoms with Crippen LogP contribution in [0.3, 0.4) is 0 Å². The maximum Gasteiger partial charge on any atom is 0.355 e. The topological polar surface area (TPSA) is 138 Å². The number of amides is 3. The number of carbonyl (C=O) groups excluding carboxylic acids is 4. The van der Waals surface area contributed by atoms with Gasteiger partial charge in [-0.05, 0) is 118 Å². The van der Waals surface area contributed by atoms with Gasteiger partial charge in [0.1, 0.15) is 30.5 Å². The number of rotatable bonds is 17. The lowest BCUT2D eigenvalue weighted by Gasteiger charge is -2.41. The molecule has 1 saturated carbocycles. The lowest BCUT2D eigenvalue weighted by atomic mass is 9.93. The van der Waals surface area contributed by atoms with Gasteiger partial charge in [0.25, 0.3) is 5.91 Å². The van der Waals surface area contributed by atoms with E-state index >= 15 is 4.39 Å². The molecule has 1 aliphatic carbocycles. The van der Waals surface area contributed by atoms with Crippen molar-refractivity contribution < 1.29 is 46.2 Å². The Balaban J connectivity index is 0.936. The highest BCUT2D eigenvalue weighted by Gasteiger charge is 2.58. The third-order valence-electron chi connectivity index (χ3n) is 14.5. The molecule has 17 heteroatoms. The fourth-order valence-corrected chi connectivity index (χ4v) is 13.5. The van der Waals surface area contributed by atoms with E-state index in [1.807, 2.05) is 41.1 Å². The van der Waals surface area contributed by atoms with Gasteiger partial charge in [-0.15, -0.1) is 11.3 Å². The number of nitrogens with one attached hydrogen (secondary N) is 2. The summed E-state index contributed by atoms with van der Waals surface area (Å²) in [4.78, 5) is 62.9. The van der Waals surface area contributed by atoms with Crippen LogP contribution in [0, 0.1) is 0 Å². The Labute approximate surface area is 410 Å². The zero-order valence-electron chi connectivity index (χ0n) is 39.3. The maximum atomic E-state index is 16.9. The smallest absolute Gasteiger partial charge is 0.355 e. The van der Waals surface area contributed by atoms with Crippen molar-refractivity contribution in [3.63, 3.8) is 0 Å². The highest BCUT2D eigenvalue weighted by Crippen LogP contribution is 2.58. The third-order valence-corrected chi connectivity index (χ3v) is 17.8. The molecule has 2 N–H and O–H groups in total. The number of esters is 1. The standard InChI is InChI=1S/C53H59F3N5O7PS/c1-34(52(65)67-33-35-12-6-3-7-13-35)58-69(66,68-42-16-10-5-11-17-42)48(56)37-18-23-45-38(28-37)29-46(70-45)49(62)57-43-21-19-40(59(2)27-24-47(54)55)30-41-20-22-44(61(41)50(43)63)51(64)60-32-39(31-53(60)25-26-53)36-14-8-4-9-15-36/h3-18,23,28-29,34,39-41,43-44,47-48H,19-22,24-27,30-33H2,1-2H3,(H,57,62)(H,58,66)/t34-,39+,40-,41+,43-,44-,48+,69?/m0/s1. The lowest BCUT2D eigenvalue weighted by Crippen LogP contribution is -2.59. The Hall–Kier alpha value is -5.54. The average Bonchev–Trinajstić information content (AvgIpc) is 3.63.